The van der Waals surface area contributed by atoms with E-state index in [1.807, 2.05) is 6.26 Å². The number of sulfone groups is 1. The van der Waals surface area contributed by atoms with Gasteiger partial charge in [-0.1, -0.05) is 18.2 Å². The quantitative estimate of drug-likeness (QED) is 0.833. The minimum absolute atomic E-state index is 0.227. The number of hydrogen-bond donors (Lipinski definition) is 0. The molecule has 0 amide bonds. The molecular weight excluding hydrogens is 332 g/mol. The fourth-order valence-electron chi connectivity index (χ4n) is 2.56. The monoisotopic (exact) mass is 352 g/mol. The highest BCUT2D eigenvalue weighted by Crippen LogP contribution is 2.27. The molecular formula is C15H20N4O2S2. The zero-order valence-electron chi connectivity index (χ0n) is 13.2. The summed E-state index contributed by atoms with van der Waals surface area (Å²) in [5.41, 5.74) is 0. The lowest BCUT2D eigenvalue weighted by atomic mass is 10.3. The zero-order chi connectivity index (χ0) is 16.4. The van der Waals surface area contributed by atoms with E-state index in [1.54, 1.807) is 36.4 Å². The van der Waals surface area contributed by atoms with E-state index in [2.05, 4.69) is 21.9 Å². The predicted molar refractivity (Wildman–Crippen MR) is 92.7 cm³/mol. The Morgan fingerprint density at radius 3 is 2.35 bits per heavy atom. The van der Waals surface area contributed by atoms with E-state index >= 15 is 0 Å². The molecule has 1 fully saturated rings. The van der Waals surface area contributed by atoms with Crippen LogP contribution in [-0.4, -0.2) is 62.0 Å². The molecule has 3 rings (SSSR count). The summed E-state index contributed by atoms with van der Waals surface area (Å²) >= 11 is 1.29. The summed E-state index contributed by atoms with van der Waals surface area (Å²) in [7, 11) is -1.48. The minimum Gasteiger partial charge on any atom is -0.353 e. The smallest absolute Gasteiger partial charge is 0.224 e. The standard InChI is InChI=1S/C15H20N4O2S2/c1-17-8-10-18(11-9-17)14-12-15(19(16-14)22-2)23(20,21)13-6-4-3-5-7-13/h3-7,12H,8-11H2,1-2H3. The Labute approximate surface area is 141 Å². The second-order valence-corrected chi connectivity index (χ2v) is 8.11. The summed E-state index contributed by atoms with van der Waals surface area (Å²) in [5.74, 6) is 0.724. The van der Waals surface area contributed by atoms with Gasteiger partial charge in [0.1, 0.15) is 0 Å². The molecule has 0 spiro atoms. The molecule has 0 saturated carbocycles. The largest absolute Gasteiger partial charge is 0.353 e. The van der Waals surface area contributed by atoms with Gasteiger partial charge in [0.15, 0.2) is 10.8 Å². The number of piperazine rings is 1. The summed E-state index contributed by atoms with van der Waals surface area (Å²) < 4.78 is 27.2. The van der Waals surface area contributed by atoms with E-state index < -0.39 is 9.84 Å². The molecule has 1 aliphatic rings. The van der Waals surface area contributed by atoms with Crippen molar-refractivity contribution >= 4 is 27.6 Å². The fraction of sp³-hybridized carbons (Fsp3) is 0.400. The van der Waals surface area contributed by atoms with Crippen LogP contribution in [0.1, 0.15) is 0 Å². The molecule has 2 aromatic rings. The molecule has 0 unspecified atom stereocenters. The number of likely N-dealkylation sites (N-methyl/N-ethyl adjacent to an activating group) is 1. The Kier molecular flexibility index (Phi) is 4.65. The molecule has 0 radical (unpaired) electrons. The molecule has 1 saturated heterocycles. The van der Waals surface area contributed by atoms with Gasteiger partial charge in [0.05, 0.1) is 4.90 Å². The van der Waals surface area contributed by atoms with Crippen molar-refractivity contribution in [2.75, 3.05) is 44.4 Å². The maximum atomic E-state index is 12.9. The predicted octanol–water partition coefficient (Wildman–Crippen LogP) is 1.59. The van der Waals surface area contributed by atoms with Gasteiger partial charge >= 0.3 is 0 Å². The van der Waals surface area contributed by atoms with Crippen molar-refractivity contribution in [3.63, 3.8) is 0 Å². The Hall–Kier alpha value is -1.51. The van der Waals surface area contributed by atoms with Gasteiger partial charge < -0.3 is 9.80 Å². The van der Waals surface area contributed by atoms with E-state index in [1.165, 1.54) is 16.0 Å². The second kappa shape index (κ2) is 6.54. The van der Waals surface area contributed by atoms with E-state index in [0.717, 1.165) is 32.0 Å². The van der Waals surface area contributed by atoms with Gasteiger partial charge in [0.25, 0.3) is 0 Å². The van der Waals surface area contributed by atoms with Crippen molar-refractivity contribution in [3.05, 3.63) is 36.4 Å². The molecule has 1 aliphatic heterocycles. The van der Waals surface area contributed by atoms with E-state index in [4.69, 9.17) is 0 Å². The Balaban J connectivity index is 1.97. The number of rotatable bonds is 4. The number of aromatic nitrogens is 2. The molecule has 0 aliphatic carbocycles. The first-order chi connectivity index (χ1) is 11.0. The van der Waals surface area contributed by atoms with E-state index in [-0.39, 0.29) is 5.03 Å². The summed E-state index contributed by atoms with van der Waals surface area (Å²) in [6, 6.07) is 10.2. The maximum absolute atomic E-state index is 12.9. The Morgan fingerprint density at radius 1 is 1.09 bits per heavy atom. The van der Waals surface area contributed by atoms with Crippen LogP contribution in [-0.2, 0) is 9.84 Å². The molecule has 6 nitrogen and oxygen atoms in total. The van der Waals surface area contributed by atoms with Crippen LogP contribution in [0.3, 0.4) is 0 Å². The summed E-state index contributed by atoms with van der Waals surface area (Å²) in [4.78, 5) is 4.68. The Bertz CT molecular complexity index is 766. The summed E-state index contributed by atoms with van der Waals surface area (Å²) in [6.07, 6.45) is 1.82. The molecule has 23 heavy (non-hydrogen) atoms. The molecule has 124 valence electrons. The van der Waals surface area contributed by atoms with Crippen molar-refractivity contribution in [3.8, 4) is 0 Å². The average Bonchev–Trinajstić information content (AvgIpc) is 3.01. The normalized spacial score (nSPS) is 16.7. The van der Waals surface area contributed by atoms with E-state index in [9.17, 15) is 8.42 Å². The third kappa shape index (κ3) is 3.24. The summed E-state index contributed by atoms with van der Waals surface area (Å²) in [5, 5.41) is 4.70. The van der Waals surface area contributed by atoms with Gasteiger partial charge in [-0.2, -0.15) is 4.09 Å². The minimum atomic E-state index is -3.57. The van der Waals surface area contributed by atoms with E-state index in [0.29, 0.717) is 4.90 Å². The highest BCUT2D eigenvalue weighted by molar-refractivity contribution is 7.98. The fourth-order valence-corrected chi connectivity index (χ4v) is 4.74. The SMILES string of the molecule is CSn1nc(N2CCN(C)CC2)cc1S(=O)(=O)c1ccccc1. The zero-order valence-corrected chi connectivity index (χ0v) is 14.8. The van der Waals surface area contributed by atoms with Crippen LogP contribution in [0.4, 0.5) is 5.82 Å². The van der Waals surface area contributed by atoms with Crippen LogP contribution in [0.2, 0.25) is 0 Å². The lowest BCUT2D eigenvalue weighted by Crippen LogP contribution is -2.44. The van der Waals surface area contributed by atoms with Gasteiger partial charge in [-0.15, -0.1) is 5.10 Å². The van der Waals surface area contributed by atoms with Gasteiger partial charge in [-0.05, 0) is 31.1 Å². The molecule has 0 bridgehead atoms. The topological polar surface area (TPSA) is 58.4 Å². The van der Waals surface area contributed by atoms with Crippen molar-refractivity contribution < 1.29 is 8.42 Å². The van der Waals surface area contributed by atoms with Crippen molar-refractivity contribution in [1.82, 2.24) is 14.1 Å². The first-order valence-electron chi connectivity index (χ1n) is 7.40. The molecule has 1 aromatic heterocycles. The van der Waals surface area contributed by atoms with Gasteiger partial charge in [0, 0.05) is 38.5 Å². The molecule has 1 aromatic carbocycles. The molecule has 0 N–H and O–H groups in total. The molecule has 2 heterocycles. The van der Waals surface area contributed by atoms with Crippen LogP contribution in [0, 0.1) is 0 Å². The third-order valence-electron chi connectivity index (χ3n) is 3.96. The van der Waals surface area contributed by atoms with Crippen molar-refractivity contribution in [1.29, 1.82) is 0 Å². The van der Waals surface area contributed by atoms with Crippen LogP contribution < -0.4 is 4.90 Å². The highest BCUT2D eigenvalue weighted by Gasteiger charge is 2.26. The van der Waals surface area contributed by atoms with Crippen molar-refractivity contribution in [2.24, 2.45) is 0 Å². The maximum Gasteiger partial charge on any atom is 0.224 e. The first kappa shape index (κ1) is 16.4. The lowest BCUT2D eigenvalue weighted by molar-refractivity contribution is 0.312. The van der Waals surface area contributed by atoms with Crippen molar-refractivity contribution in [2.45, 2.75) is 9.92 Å². The number of hydrogen-bond acceptors (Lipinski definition) is 6. The average molecular weight is 352 g/mol. The Morgan fingerprint density at radius 2 is 1.74 bits per heavy atom. The van der Waals surface area contributed by atoms with Crippen LogP contribution >= 0.6 is 11.9 Å². The summed E-state index contributed by atoms with van der Waals surface area (Å²) in [6.45, 7) is 3.61. The van der Waals surface area contributed by atoms with Gasteiger partial charge in [-0.3, -0.25) is 0 Å². The number of nitrogens with zero attached hydrogens (tertiary/aromatic N) is 4. The highest BCUT2D eigenvalue weighted by atomic mass is 32.2. The lowest BCUT2D eigenvalue weighted by Gasteiger charge is -2.32. The van der Waals surface area contributed by atoms with Gasteiger partial charge in [-0.25, -0.2) is 8.42 Å². The van der Waals surface area contributed by atoms with Crippen LogP contribution in [0.5, 0.6) is 0 Å². The number of benzene rings is 1. The van der Waals surface area contributed by atoms with Crippen LogP contribution in [0.15, 0.2) is 46.3 Å². The molecule has 0 atom stereocenters. The number of anilines is 1. The first-order valence-corrected chi connectivity index (χ1v) is 10.1. The van der Waals surface area contributed by atoms with Crippen LogP contribution in [0.25, 0.3) is 0 Å². The molecule has 8 heteroatoms. The van der Waals surface area contributed by atoms with Gasteiger partial charge in [0.2, 0.25) is 9.84 Å². The second-order valence-electron chi connectivity index (χ2n) is 5.50. The third-order valence-corrected chi connectivity index (χ3v) is 6.44.